The second-order valence-corrected chi connectivity index (χ2v) is 6.97. The quantitative estimate of drug-likeness (QED) is 0.824. The van der Waals surface area contributed by atoms with E-state index in [-0.39, 0.29) is 11.9 Å². The number of nitrogens with zero attached hydrogens (tertiary/aromatic N) is 4. The summed E-state index contributed by atoms with van der Waals surface area (Å²) >= 11 is 0. The number of likely N-dealkylation sites (tertiary alicyclic amines) is 1. The summed E-state index contributed by atoms with van der Waals surface area (Å²) in [6.45, 7) is 2.48. The lowest BCUT2D eigenvalue weighted by Crippen LogP contribution is -2.50. The highest BCUT2D eigenvalue weighted by molar-refractivity contribution is 5.97. The van der Waals surface area contributed by atoms with E-state index in [1.165, 1.54) is 6.33 Å². The van der Waals surface area contributed by atoms with Crippen LogP contribution in [0.3, 0.4) is 0 Å². The first-order valence-electron chi connectivity index (χ1n) is 9.26. The predicted molar refractivity (Wildman–Crippen MR) is 101 cm³/mol. The van der Waals surface area contributed by atoms with Crippen LogP contribution < -0.4 is 14.4 Å². The summed E-state index contributed by atoms with van der Waals surface area (Å²) in [6, 6.07) is 9.46. The van der Waals surface area contributed by atoms with Gasteiger partial charge in [-0.05, 0) is 30.9 Å². The molecule has 0 saturated carbocycles. The van der Waals surface area contributed by atoms with Gasteiger partial charge < -0.3 is 19.3 Å². The average Bonchev–Trinajstić information content (AvgIpc) is 3.16. The summed E-state index contributed by atoms with van der Waals surface area (Å²) < 4.78 is 10.6. The highest BCUT2D eigenvalue weighted by Crippen LogP contribution is 2.35. The number of carbonyl (C=O) groups is 1. The van der Waals surface area contributed by atoms with E-state index in [1.807, 2.05) is 35.2 Å². The van der Waals surface area contributed by atoms with Crippen molar-refractivity contribution in [2.24, 2.45) is 5.92 Å². The van der Waals surface area contributed by atoms with Gasteiger partial charge in [0, 0.05) is 25.7 Å². The fraction of sp³-hybridized carbons (Fsp3) is 0.450. The Morgan fingerprint density at radius 1 is 1.11 bits per heavy atom. The van der Waals surface area contributed by atoms with E-state index in [0.717, 1.165) is 38.3 Å². The molecule has 27 heavy (non-hydrogen) atoms. The minimum atomic E-state index is 0.0436. The fourth-order valence-corrected chi connectivity index (χ4v) is 4.19. The molecule has 0 bridgehead atoms. The number of rotatable bonds is 4. The van der Waals surface area contributed by atoms with E-state index in [4.69, 9.17) is 9.47 Å². The van der Waals surface area contributed by atoms with Crippen molar-refractivity contribution in [2.45, 2.75) is 18.9 Å². The number of hydrogen-bond donors (Lipinski definition) is 0. The number of hydrogen-bond acceptors (Lipinski definition) is 6. The first kappa shape index (κ1) is 17.6. The summed E-state index contributed by atoms with van der Waals surface area (Å²) in [5.74, 6) is 2.59. The molecule has 4 rings (SSSR count). The molecule has 7 nitrogen and oxygen atoms in total. The van der Waals surface area contributed by atoms with Crippen LogP contribution in [0.15, 0.2) is 36.7 Å². The van der Waals surface area contributed by atoms with Gasteiger partial charge in [-0.2, -0.15) is 0 Å². The molecular formula is C20H24N4O3. The molecule has 2 saturated heterocycles. The van der Waals surface area contributed by atoms with Crippen molar-refractivity contribution in [3.63, 3.8) is 0 Å². The Morgan fingerprint density at radius 2 is 1.93 bits per heavy atom. The normalized spacial score (nSPS) is 21.7. The molecule has 3 heterocycles. The second-order valence-electron chi connectivity index (χ2n) is 6.97. The molecular weight excluding hydrogens is 344 g/mol. The molecule has 1 aromatic heterocycles. The molecule has 2 aliphatic heterocycles. The molecule has 7 heteroatoms. The summed E-state index contributed by atoms with van der Waals surface area (Å²) in [5, 5.41) is 0. The standard InChI is InChI=1S/C20H24N4O3/c1-26-17-6-4-3-5-15(17)20(25)24-10-8-14-7-9-23(12-16(14)24)18-11-19(27-2)22-13-21-18/h3-6,11,13-14,16H,7-10,12H2,1-2H3. The summed E-state index contributed by atoms with van der Waals surface area (Å²) in [4.78, 5) is 25.9. The number of para-hydroxylation sites is 1. The number of carbonyl (C=O) groups excluding carboxylic acids is 1. The number of benzene rings is 1. The second kappa shape index (κ2) is 7.42. The van der Waals surface area contributed by atoms with Gasteiger partial charge in [0.15, 0.2) is 0 Å². The lowest BCUT2D eigenvalue weighted by Gasteiger charge is -2.39. The lowest BCUT2D eigenvalue weighted by atomic mass is 9.92. The van der Waals surface area contributed by atoms with Crippen molar-refractivity contribution >= 4 is 11.7 Å². The van der Waals surface area contributed by atoms with E-state index in [9.17, 15) is 4.79 Å². The predicted octanol–water partition coefficient (Wildman–Crippen LogP) is 2.23. The van der Waals surface area contributed by atoms with Crippen molar-refractivity contribution in [3.8, 4) is 11.6 Å². The van der Waals surface area contributed by atoms with Crippen molar-refractivity contribution in [3.05, 3.63) is 42.2 Å². The fourth-order valence-electron chi connectivity index (χ4n) is 4.19. The van der Waals surface area contributed by atoms with Crippen LogP contribution >= 0.6 is 0 Å². The first-order valence-corrected chi connectivity index (χ1v) is 9.26. The Bertz CT molecular complexity index is 828. The van der Waals surface area contributed by atoms with Gasteiger partial charge in [0.25, 0.3) is 5.91 Å². The number of piperidine rings is 1. The molecule has 142 valence electrons. The van der Waals surface area contributed by atoms with E-state index < -0.39 is 0 Å². The van der Waals surface area contributed by atoms with Crippen LogP contribution in [-0.2, 0) is 0 Å². The third-order valence-corrected chi connectivity index (χ3v) is 5.62. The maximum absolute atomic E-state index is 13.2. The number of amides is 1. The number of aromatic nitrogens is 2. The van der Waals surface area contributed by atoms with Gasteiger partial charge in [-0.15, -0.1) is 0 Å². The van der Waals surface area contributed by atoms with Crippen molar-refractivity contribution in [1.82, 2.24) is 14.9 Å². The maximum Gasteiger partial charge on any atom is 0.257 e. The van der Waals surface area contributed by atoms with Gasteiger partial charge in [0.05, 0.1) is 25.8 Å². The Labute approximate surface area is 158 Å². The molecule has 0 N–H and O–H groups in total. The molecule has 2 aliphatic rings. The van der Waals surface area contributed by atoms with Gasteiger partial charge >= 0.3 is 0 Å². The summed E-state index contributed by atoms with van der Waals surface area (Å²) in [6.07, 6.45) is 3.62. The van der Waals surface area contributed by atoms with Crippen LogP contribution in [0.5, 0.6) is 11.6 Å². The minimum Gasteiger partial charge on any atom is -0.496 e. The van der Waals surface area contributed by atoms with Gasteiger partial charge in [-0.25, -0.2) is 9.97 Å². The maximum atomic E-state index is 13.2. The zero-order valence-electron chi connectivity index (χ0n) is 15.7. The molecule has 0 spiro atoms. The molecule has 2 aromatic rings. The van der Waals surface area contributed by atoms with Crippen molar-refractivity contribution in [2.75, 3.05) is 38.8 Å². The Kier molecular flexibility index (Phi) is 4.83. The molecule has 1 aromatic carbocycles. The van der Waals surface area contributed by atoms with Crippen molar-refractivity contribution in [1.29, 1.82) is 0 Å². The third kappa shape index (κ3) is 3.29. The highest BCUT2D eigenvalue weighted by Gasteiger charge is 2.41. The van der Waals surface area contributed by atoms with Gasteiger partial charge in [0.2, 0.25) is 5.88 Å². The SMILES string of the molecule is COc1cc(N2CCC3CCN(C(=O)c4ccccc4OC)C3C2)ncn1. The molecule has 2 unspecified atom stereocenters. The molecule has 2 fully saturated rings. The number of ether oxygens (including phenoxy) is 2. The van der Waals surface area contributed by atoms with Crippen LogP contribution in [0.25, 0.3) is 0 Å². The van der Waals surface area contributed by atoms with E-state index >= 15 is 0 Å². The minimum absolute atomic E-state index is 0.0436. The van der Waals surface area contributed by atoms with E-state index in [1.54, 1.807) is 14.2 Å². The topological polar surface area (TPSA) is 67.8 Å². The van der Waals surface area contributed by atoms with E-state index in [2.05, 4.69) is 14.9 Å². The highest BCUT2D eigenvalue weighted by atomic mass is 16.5. The molecule has 2 atom stereocenters. The van der Waals surface area contributed by atoms with E-state index in [0.29, 0.717) is 23.1 Å². The van der Waals surface area contributed by atoms with Crippen molar-refractivity contribution < 1.29 is 14.3 Å². The molecule has 0 aliphatic carbocycles. The van der Waals surface area contributed by atoms with Gasteiger partial charge in [-0.3, -0.25) is 4.79 Å². The Morgan fingerprint density at radius 3 is 2.74 bits per heavy atom. The smallest absolute Gasteiger partial charge is 0.257 e. The van der Waals surface area contributed by atoms with Crippen LogP contribution in [-0.4, -0.2) is 60.7 Å². The first-order chi connectivity index (χ1) is 13.2. The average molecular weight is 368 g/mol. The van der Waals surface area contributed by atoms with Crippen LogP contribution in [0.4, 0.5) is 5.82 Å². The largest absolute Gasteiger partial charge is 0.496 e. The molecule has 1 amide bonds. The zero-order valence-corrected chi connectivity index (χ0v) is 15.7. The van der Waals surface area contributed by atoms with Crippen LogP contribution in [0.1, 0.15) is 23.2 Å². The lowest BCUT2D eigenvalue weighted by molar-refractivity contribution is 0.0708. The van der Waals surface area contributed by atoms with Crippen LogP contribution in [0.2, 0.25) is 0 Å². The number of fused-ring (bicyclic) bond motifs is 1. The van der Waals surface area contributed by atoms with Crippen LogP contribution in [0, 0.1) is 5.92 Å². The molecule has 0 radical (unpaired) electrons. The summed E-state index contributed by atoms with van der Waals surface area (Å²) in [7, 11) is 3.20. The summed E-state index contributed by atoms with van der Waals surface area (Å²) in [5.41, 5.74) is 0.626. The van der Waals surface area contributed by atoms with Gasteiger partial charge in [-0.1, -0.05) is 12.1 Å². The Balaban J connectivity index is 1.55. The number of anilines is 1. The third-order valence-electron chi connectivity index (χ3n) is 5.62. The van der Waals surface area contributed by atoms with Gasteiger partial charge in [0.1, 0.15) is 17.9 Å². The number of methoxy groups -OCH3 is 2. The monoisotopic (exact) mass is 368 g/mol. The Hall–Kier alpha value is -2.83. The zero-order chi connectivity index (χ0) is 18.8.